The molecule has 0 amide bonds. The lowest BCUT2D eigenvalue weighted by Crippen LogP contribution is -2.01. The molecule has 0 atom stereocenters. The van der Waals surface area contributed by atoms with E-state index in [2.05, 4.69) is 84.3 Å². The second kappa shape index (κ2) is 10.00. The second-order valence-electron chi connectivity index (χ2n) is 11.3. The molecule has 0 bridgehead atoms. The second-order valence-corrected chi connectivity index (χ2v) is 11.3. The van der Waals surface area contributed by atoms with Crippen LogP contribution in [-0.2, 0) is 0 Å². The maximum atomic E-state index is 6.99. The molecule has 0 radical (unpaired) electrons. The zero-order valence-corrected chi connectivity index (χ0v) is 24.5. The van der Waals surface area contributed by atoms with Crippen LogP contribution in [0.5, 0.6) is 0 Å². The van der Waals surface area contributed by atoms with Crippen molar-refractivity contribution in [3.8, 4) is 39.9 Å². The maximum Gasteiger partial charge on any atom is 0.168 e. The van der Waals surface area contributed by atoms with Gasteiger partial charge in [-0.15, -0.1) is 0 Å². The van der Waals surface area contributed by atoms with Gasteiger partial charge in [0.25, 0.3) is 0 Å². The van der Waals surface area contributed by atoms with Gasteiger partial charge in [-0.2, -0.15) is 0 Å². The molecular formula is C40H26N4O. The highest BCUT2D eigenvalue weighted by atomic mass is 16.3. The Morgan fingerprint density at radius 2 is 1.00 bits per heavy atom. The van der Waals surface area contributed by atoms with Crippen molar-refractivity contribution < 1.29 is 4.42 Å². The van der Waals surface area contributed by atoms with Crippen LogP contribution in [-0.4, -0.2) is 19.5 Å². The van der Waals surface area contributed by atoms with Crippen LogP contribution in [0.15, 0.2) is 144 Å². The molecule has 0 aliphatic rings. The molecule has 5 nitrogen and oxygen atoms in total. The lowest BCUT2D eigenvalue weighted by molar-refractivity contribution is 0.671. The molecule has 212 valence electrons. The number of benzene rings is 6. The third-order valence-electron chi connectivity index (χ3n) is 8.59. The first-order valence-electron chi connectivity index (χ1n) is 15.1. The van der Waals surface area contributed by atoms with Crippen LogP contribution < -0.4 is 0 Å². The van der Waals surface area contributed by atoms with Crippen molar-refractivity contribution in [1.82, 2.24) is 19.5 Å². The van der Waals surface area contributed by atoms with Crippen LogP contribution in [0.1, 0.15) is 5.56 Å². The van der Waals surface area contributed by atoms with Gasteiger partial charge in [-0.25, -0.2) is 15.0 Å². The predicted molar refractivity (Wildman–Crippen MR) is 182 cm³/mol. The first kappa shape index (κ1) is 25.4. The number of hydrogen-bond donors (Lipinski definition) is 0. The van der Waals surface area contributed by atoms with Gasteiger partial charge in [0.1, 0.15) is 5.58 Å². The molecule has 0 unspecified atom stereocenters. The molecule has 3 aromatic heterocycles. The molecule has 9 aromatic rings. The average Bonchev–Trinajstić information content (AvgIpc) is 3.65. The summed E-state index contributed by atoms with van der Waals surface area (Å²) in [7, 11) is 0. The number of fused-ring (bicyclic) bond motifs is 7. The van der Waals surface area contributed by atoms with E-state index in [4.69, 9.17) is 19.4 Å². The Kier molecular flexibility index (Phi) is 5.65. The van der Waals surface area contributed by atoms with Crippen molar-refractivity contribution in [3.05, 3.63) is 145 Å². The summed E-state index contributed by atoms with van der Waals surface area (Å²) in [5, 5.41) is 4.42. The third-order valence-corrected chi connectivity index (χ3v) is 8.59. The fraction of sp³-hybridized carbons (Fsp3) is 0.0250. The smallest absolute Gasteiger partial charge is 0.168 e. The molecule has 0 aliphatic heterocycles. The first-order chi connectivity index (χ1) is 22.2. The van der Waals surface area contributed by atoms with E-state index in [1.54, 1.807) is 0 Å². The topological polar surface area (TPSA) is 56.7 Å². The van der Waals surface area contributed by atoms with Gasteiger partial charge in [0.15, 0.2) is 23.1 Å². The van der Waals surface area contributed by atoms with Gasteiger partial charge < -0.3 is 8.98 Å². The van der Waals surface area contributed by atoms with Gasteiger partial charge in [0, 0.05) is 38.4 Å². The van der Waals surface area contributed by atoms with Crippen LogP contribution in [0, 0.1) is 6.92 Å². The molecule has 5 heteroatoms. The number of nitrogens with zero attached hydrogens (tertiary/aromatic N) is 4. The maximum absolute atomic E-state index is 6.99. The number of aromatic nitrogens is 4. The number of furan rings is 1. The summed E-state index contributed by atoms with van der Waals surface area (Å²) >= 11 is 0. The van der Waals surface area contributed by atoms with Gasteiger partial charge in [-0.05, 0) is 36.8 Å². The molecule has 0 N–H and O–H groups in total. The molecule has 0 spiro atoms. The molecule has 0 saturated heterocycles. The SMILES string of the molecule is Cc1ccc2c(oc3c2ccc2c4ccccc4n(-c4ccccc4)c23)c1-c1nc(-c2ccccc2)nc(-c2ccccc2)n1. The third kappa shape index (κ3) is 3.98. The average molecular weight is 579 g/mol. The summed E-state index contributed by atoms with van der Waals surface area (Å²) in [4.78, 5) is 15.0. The number of hydrogen-bond acceptors (Lipinski definition) is 4. The molecule has 0 saturated carbocycles. The highest BCUT2D eigenvalue weighted by Crippen LogP contribution is 2.43. The minimum Gasteiger partial charge on any atom is -0.453 e. The largest absolute Gasteiger partial charge is 0.453 e. The summed E-state index contributed by atoms with van der Waals surface area (Å²) in [6.07, 6.45) is 0. The molecular weight excluding hydrogens is 552 g/mol. The van der Waals surface area contributed by atoms with E-state index in [0.29, 0.717) is 17.5 Å². The van der Waals surface area contributed by atoms with Crippen LogP contribution in [0.2, 0.25) is 0 Å². The lowest BCUT2D eigenvalue weighted by Gasteiger charge is -2.10. The van der Waals surface area contributed by atoms with Gasteiger partial charge in [-0.3, -0.25) is 0 Å². The van der Waals surface area contributed by atoms with Crippen LogP contribution in [0.25, 0.3) is 83.6 Å². The van der Waals surface area contributed by atoms with Crippen LogP contribution >= 0.6 is 0 Å². The van der Waals surface area contributed by atoms with Crippen LogP contribution in [0.4, 0.5) is 0 Å². The van der Waals surface area contributed by atoms with Crippen molar-refractivity contribution in [2.75, 3.05) is 0 Å². The monoisotopic (exact) mass is 578 g/mol. The first-order valence-corrected chi connectivity index (χ1v) is 15.1. The molecule has 45 heavy (non-hydrogen) atoms. The Labute approximate surface area is 259 Å². The Balaban J connectivity index is 1.38. The molecule has 3 heterocycles. The van der Waals surface area contributed by atoms with Crippen molar-refractivity contribution >= 4 is 43.7 Å². The quantitative estimate of drug-likeness (QED) is 0.208. The minimum absolute atomic E-state index is 0.588. The molecule has 0 aliphatic carbocycles. The van der Waals surface area contributed by atoms with E-state index in [9.17, 15) is 0 Å². The van der Waals surface area contributed by atoms with E-state index >= 15 is 0 Å². The van der Waals surface area contributed by atoms with Crippen molar-refractivity contribution in [3.63, 3.8) is 0 Å². The molecule has 6 aromatic carbocycles. The van der Waals surface area contributed by atoms with E-state index in [0.717, 1.165) is 66.3 Å². The van der Waals surface area contributed by atoms with Gasteiger partial charge >= 0.3 is 0 Å². The van der Waals surface area contributed by atoms with E-state index < -0.39 is 0 Å². The normalized spacial score (nSPS) is 11.7. The predicted octanol–water partition coefficient (Wildman–Crippen LogP) is 10.2. The number of para-hydroxylation sites is 2. The highest BCUT2D eigenvalue weighted by molar-refractivity contribution is 6.22. The fourth-order valence-electron chi connectivity index (χ4n) is 6.49. The van der Waals surface area contributed by atoms with E-state index in [1.807, 2.05) is 66.7 Å². The number of aryl methyl sites for hydroxylation is 1. The van der Waals surface area contributed by atoms with Crippen molar-refractivity contribution in [2.45, 2.75) is 6.92 Å². The summed E-state index contributed by atoms with van der Waals surface area (Å²) in [6, 6.07) is 47.8. The Morgan fingerprint density at radius 1 is 0.467 bits per heavy atom. The van der Waals surface area contributed by atoms with Gasteiger partial charge in [-0.1, -0.05) is 115 Å². The lowest BCUT2D eigenvalue weighted by atomic mass is 10.0. The molecule has 0 fully saturated rings. The summed E-state index contributed by atoms with van der Waals surface area (Å²) in [5.74, 6) is 1.84. The minimum atomic E-state index is 0.588. The standard InChI is InChI=1S/C40H26N4O/c1-25-21-22-31-32-24-23-30-29-19-11-12-20-33(29)44(28-17-9-4-10-18-28)35(30)37(32)45-36(31)34(25)40-42-38(26-13-5-2-6-14-26)41-39(43-40)27-15-7-3-8-16-27/h2-24H,1H3. The zero-order valence-electron chi connectivity index (χ0n) is 24.5. The molecule has 9 rings (SSSR count). The number of rotatable bonds is 4. The summed E-state index contributed by atoms with van der Waals surface area (Å²) < 4.78 is 9.31. The summed E-state index contributed by atoms with van der Waals surface area (Å²) in [6.45, 7) is 2.09. The Bertz CT molecular complexity index is 2470. The van der Waals surface area contributed by atoms with Crippen molar-refractivity contribution in [2.24, 2.45) is 0 Å². The Morgan fingerprint density at radius 3 is 1.69 bits per heavy atom. The van der Waals surface area contributed by atoms with Gasteiger partial charge in [0.2, 0.25) is 0 Å². The van der Waals surface area contributed by atoms with E-state index in [-0.39, 0.29) is 0 Å². The van der Waals surface area contributed by atoms with E-state index in [1.165, 1.54) is 5.39 Å². The van der Waals surface area contributed by atoms with Crippen LogP contribution in [0.3, 0.4) is 0 Å². The Hall–Kier alpha value is -6.07. The zero-order chi connectivity index (χ0) is 29.9. The summed E-state index contributed by atoms with van der Waals surface area (Å²) in [5.41, 5.74) is 8.66. The fourth-order valence-corrected chi connectivity index (χ4v) is 6.49. The highest BCUT2D eigenvalue weighted by Gasteiger charge is 2.23. The van der Waals surface area contributed by atoms with Crippen molar-refractivity contribution in [1.29, 1.82) is 0 Å². The van der Waals surface area contributed by atoms with Gasteiger partial charge in [0.05, 0.1) is 16.6 Å².